The van der Waals surface area contributed by atoms with Gasteiger partial charge in [0.2, 0.25) is 0 Å². The van der Waals surface area contributed by atoms with Crippen LogP contribution in [0.4, 0.5) is 0 Å². The van der Waals surface area contributed by atoms with Crippen LogP contribution < -0.4 is 21.9 Å². The molecule has 3 aromatic rings. The van der Waals surface area contributed by atoms with E-state index in [4.69, 9.17) is 10.7 Å². The summed E-state index contributed by atoms with van der Waals surface area (Å²) in [6.45, 7) is 2.81. The quantitative estimate of drug-likeness (QED) is 0.308. The summed E-state index contributed by atoms with van der Waals surface area (Å²) in [7, 11) is 0. The summed E-state index contributed by atoms with van der Waals surface area (Å²) in [5.74, 6) is 0.702. The third-order valence-electron chi connectivity index (χ3n) is 6.71. The molecule has 0 unspecified atom stereocenters. The Labute approximate surface area is 227 Å². The van der Waals surface area contributed by atoms with Crippen molar-refractivity contribution in [2.24, 2.45) is 5.73 Å². The van der Waals surface area contributed by atoms with Crippen LogP contribution in [0.5, 0.6) is 0 Å². The fourth-order valence-electron chi connectivity index (χ4n) is 4.61. The molecule has 4 heterocycles. The molecule has 1 spiro atoms. The standard InChI is InChI=1S/C25H30N6O3S3/c1-14(26)4-5-18-21-15(25(6-7-25)30-23(21)34)10-20(32)31(18)11-19-28-17(13-36-19)24-29-16(12-37-24)22(33)27-8-3-9-35-2/h10,12-14H,3-9,11,26H2,1-2H3,(H,27,33)(H,30,34)/t14-/m0/s1. The van der Waals surface area contributed by atoms with E-state index in [0.29, 0.717) is 41.3 Å². The molecule has 1 saturated carbocycles. The summed E-state index contributed by atoms with van der Waals surface area (Å²) >= 11 is 4.55. The van der Waals surface area contributed by atoms with Crippen LogP contribution in [0.3, 0.4) is 0 Å². The summed E-state index contributed by atoms with van der Waals surface area (Å²) in [5.41, 5.74) is 8.78. The molecule has 0 radical (unpaired) electrons. The topological polar surface area (TPSA) is 132 Å². The van der Waals surface area contributed by atoms with Gasteiger partial charge in [0, 0.05) is 35.1 Å². The third-order valence-corrected chi connectivity index (χ3v) is 9.11. The molecule has 0 aromatic carbocycles. The molecule has 5 rings (SSSR count). The number of nitrogens with one attached hydrogen (secondary N) is 2. The second-order valence-electron chi connectivity index (χ2n) is 9.62. The van der Waals surface area contributed by atoms with E-state index in [2.05, 4.69) is 15.6 Å². The maximum atomic E-state index is 13.3. The van der Waals surface area contributed by atoms with E-state index in [0.717, 1.165) is 41.3 Å². The van der Waals surface area contributed by atoms with E-state index >= 15 is 0 Å². The second kappa shape index (κ2) is 10.7. The Bertz CT molecular complexity index is 1390. The zero-order valence-electron chi connectivity index (χ0n) is 20.8. The van der Waals surface area contributed by atoms with Crippen LogP contribution in [0.25, 0.3) is 10.7 Å². The van der Waals surface area contributed by atoms with Crippen LogP contribution in [-0.4, -0.2) is 50.9 Å². The average Bonchev–Trinajstić information content (AvgIpc) is 3.20. The number of thiazole rings is 2. The van der Waals surface area contributed by atoms with Crippen molar-refractivity contribution in [3.63, 3.8) is 0 Å². The zero-order chi connectivity index (χ0) is 26.2. The summed E-state index contributed by atoms with van der Waals surface area (Å²) < 4.78 is 1.67. The Morgan fingerprint density at radius 2 is 2.11 bits per heavy atom. The second-order valence-corrected chi connectivity index (χ2v) is 12.4. The Kier molecular flexibility index (Phi) is 7.53. The predicted octanol–water partition coefficient (Wildman–Crippen LogP) is 2.97. The van der Waals surface area contributed by atoms with Crippen LogP contribution in [0.2, 0.25) is 0 Å². The van der Waals surface area contributed by atoms with Crippen molar-refractivity contribution < 1.29 is 9.59 Å². The number of carbonyl (C=O) groups is 2. The molecular weight excluding hydrogens is 529 g/mol. The van der Waals surface area contributed by atoms with Crippen LogP contribution in [0.1, 0.15) is 69.7 Å². The van der Waals surface area contributed by atoms with Crippen molar-refractivity contribution in [2.75, 3.05) is 18.6 Å². The normalized spacial score (nSPS) is 16.0. The first kappa shape index (κ1) is 26.1. The first-order valence-electron chi connectivity index (χ1n) is 12.3. The minimum absolute atomic E-state index is 0.0490. The number of aromatic nitrogens is 3. The molecule has 1 atom stereocenters. The van der Waals surface area contributed by atoms with Crippen molar-refractivity contribution in [1.82, 2.24) is 25.2 Å². The molecule has 0 saturated heterocycles. The van der Waals surface area contributed by atoms with Crippen molar-refractivity contribution in [2.45, 2.75) is 57.2 Å². The van der Waals surface area contributed by atoms with Gasteiger partial charge in [-0.05, 0) is 56.6 Å². The van der Waals surface area contributed by atoms with E-state index in [1.807, 2.05) is 18.6 Å². The van der Waals surface area contributed by atoms with Gasteiger partial charge in [0.05, 0.1) is 17.6 Å². The molecule has 9 nitrogen and oxygen atoms in total. The van der Waals surface area contributed by atoms with E-state index in [1.165, 1.54) is 22.7 Å². The highest BCUT2D eigenvalue weighted by molar-refractivity contribution is 7.98. The van der Waals surface area contributed by atoms with Crippen molar-refractivity contribution >= 4 is 46.2 Å². The Hall–Kier alpha value is -2.54. The lowest BCUT2D eigenvalue weighted by molar-refractivity contribution is 0.0942. The van der Waals surface area contributed by atoms with Gasteiger partial charge < -0.3 is 20.9 Å². The molecule has 1 aliphatic carbocycles. The molecule has 37 heavy (non-hydrogen) atoms. The number of rotatable bonds is 11. The molecule has 1 fully saturated rings. The van der Waals surface area contributed by atoms with Crippen LogP contribution >= 0.6 is 34.4 Å². The summed E-state index contributed by atoms with van der Waals surface area (Å²) in [4.78, 5) is 47.8. The predicted molar refractivity (Wildman–Crippen MR) is 149 cm³/mol. The zero-order valence-corrected chi connectivity index (χ0v) is 23.3. The third kappa shape index (κ3) is 5.38. The molecule has 2 amide bonds. The van der Waals surface area contributed by atoms with Crippen LogP contribution in [0, 0.1) is 0 Å². The fourth-order valence-corrected chi connectivity index (χ4v) is 6.65. The number of amides is 2. The Morgan fingerprint density at radius 3 is 2.84 bits per heavy atom. The molecular formula is C25H30N6O3S3. The van der Waals surface area contributed by atoms with Crippen LogP contribution in [0.15, 0.2) is 21.6 Å². The minimum Gasteiger partial charge on any atom is -0.351 e. The van der Waals surface area contributed by atoms with Crippen LogP contribution in [-0.2, 0) is 18.5 Å². The maximum absolute atomic E-state index is 13.3. The van der Waals surface area contributed by atoms with Crippen molar-refractivity contribution in [1.29, 1.82) is 0 Å². The number of hydrogen-bond donors (Lipinski definition) is 3. The molecule has 196 valence electrons. The largest absolute Gasteiger partial charge is 0.351 e. The van der Waals surface area contributed by atoms with Gasteiger partial charge in [0.25, 0.3) is 17.4 Å². The lowest BCUT2D eigenvalue weighted by atomic mass is 9.98. The number of carbonyl (C=O) groups excluding carboxylic acids is 2. The van der Waals surface area contributed by atoms with Crippen molar-refractivity contribution in [3.05, 3.63) is 54.7 Å². The van der Waals surface area contributed by atoms with Gasteiger partial charge in [0.15, 0.2) is 0 Å². The Balaban J connectivity index is 1.38. The summed E-state index contributed by atoms with van der Waals surface area (Å²) in [5, 5.41) is 11.0. The minimum atomic E-state index is -0.355. The monoisotopic (exact) mass is 558 g/mol. The first-order chi connectivity index (χ1) is 17.8. The van der Waals surface area contributed by atoms with Gasteiger partial charge in [-0.25, -0.2) is 9.97 Å². The number of nitrogens with two attached hydrogens (primary N) is 1. The fraction of sp³-hybridized carbons (Fsp3) is 0.480. The molecule has 12 heteroatoms. The summed E-state index contributed by atoms with van der Waals surface area (Å²) in [6.07, 6.45) is 5.89. The molecule has 3 aromatic heterocycles. The molecule has 0 bridgehead atoms. The number of pyridine rings is 1. The maximum Gasteiger partial charge on any atom is 0.270 e. The lowest BCUT2D eigenvalue weighted by Gasteiger charge is -2.17. The van der Waals surface area contributed by atoms with Crippen molar-refractivity contribution in [3.8, 4) is 10.7 Å². The average molecular weight is 559 g/mol. The number of nitrogens with zero attached hydrogens (tertiary/aromatic N) is 3. The number of fused-ring (bicyclic) bond motifs is 2. The first-order valence-corrected chi connectivity index (χ1v) is 15.5. The SMILES string of the molecule is CSCCCNC(=O)c1csc(-c2csc(Cn3c(CC[C@H](C)N)c4c(cc3=O)C3(CC3)NC4=O)n2)n1. The molecule has 2 aliphatic rings. The lowest BCUT2D eigenvalue weighted by Crippen LogP contribution is -2.28. The highest BCUT2D eigenvalue weighted by atomic mass is 32.2. The van der Waals surface area contributed by atoms with Gasteiger partial charge in [-0.3, -0.25) is 14.4 Å². The molecule has 4 N–H and O–H groups in total. The van der Waals surface area contributed by atoms with Gasteiger partial charge in [-0.1, -0.05) is 0 Å². The van der Waals surface area contributed by atoms with E-state index < -0.39 is 0 Å². The Morgan fingerprint density at radius 1 is 1.30 bits per heavy atom. The smallest absolute Gasteiger partial charge is 0.270 e. The van der Waals surface area contributed by atoms with Gasteiger partial charge in [0.1, 0.15) is 21.4 Å². The number of hydrogen-bond acceptors (Lipinski definition) is 9. The highest BCUT2D eigenvalue weighted by Crippen LogP contribution is 2.50. The number of thioether (sulfide) groups is 1. The summed E-state index contributed by atoms with van der Waals surface area (Å²) in [6, 6.07) is 1.57. The van der Waals surface area contributed by atoms with E-state index in [-0.39, 0.29) is 35.5 Å². The van der Waals surface area contributed by atoms with E-state index in [9.17, 15) is 14.4 Å². The molecule has 1 aliphatic heterocycles. The van der Waals surface area contributed by atoms with E-state index in [1.54, 1.807) is 27.8 Å². The highest BCUT2D eigenvalue weighted by Gasteiger charge is 2.53. The van der Waals surface area contributed by atoms with Gasteiger partial charge >= 0.3 is 0 Å². The van der Waals surface area contributed by atoms with Gasteiger partial charge in [-0.15, -0.1) is 22.7 Å². The van der Waals surface area contributed by atoms with Gasteiger partial charge in [-0.2, -0.15) is 11.8 Å².